The van der Waals surface area contributed by atoms with Crippen LogP contribution < -0.4 is 0 Å². The Morgan fingerprint density at radius 3 is 2.60 bits per heavy atom. The van der Waals surface area contributed by atoms with E-state index in [1.807, 2.05) is 30.3 Å². The number of carbonyl (C=O) groups is 1. The van der Waals surface area contributed by atoms with Crippen molar-refractivity contribution in [2.24, 2.45) is 0 Å². The van der Waals surface area contributed by atoms with E-state index < -0.39 is 0 Å². The second-order valence-corrected chi connectivity index (χ2v) is 4.78. The van der Waals surface area contributed by atoms with Crippen molar-refractivity contribution in [2.75, 3.05) is 7.11 Å². The third-order valence-electron chi connectivity index (χ3n) is 3.11. The molecule has 1 aliphatic rings. The molecule has 0 saturated carbocycles. The number of hydrogen-bond donors (Lipinski definition) is 1. The Bertz CT molecular complexity index is 639. The Kier molecular flexibility index (Phi) is 4.15. The van der Waals surface area contributed by atoms with E-state index in [0.717, 1.165) is 11.8 Å². The number of ether oxygens (including phenoxy) is 1. The largest absolute Gasteiger partial charge is 0.504 e. The molecule has 4 heteroatoms. The van der Waals surface area contributed by atoms with Crippen molar-refractivity contribution in [3.8, 4) is 0 Å². The Hall–Kier alpha value is -2.20. The Morgan fingerprint density at radius 2 is 2.05 bits per heavy atom. The highest BCUT2D eigenvalue weighted by Gasteiger charge is 2.28. The van der Waals surface area contributed by atoms with Gasteiger partial charge >= 0.3 is 0 Å². The van der Waals surface area contributed by atoms with Gasteiger partial charge in [0.05, 0.1) is 12.0 Å². The van der Waals surface area contributed by atoms with Gasteiger partial charge in [-0.1, -0.05) is 49.1 Å². The average molecular weight is 286 g/mol. The molecule has 0 spiro atoms. The van der Waals surface area contributed by atoms with E-state index in [1.54, 1.807) is 0 Å². The molecule has 0 unspecified atom stereocenters. The standard InChI is InChI=1S/C16H14O3S/c1-10-8-12(9-17)13(15(19-2)14(10)18)16(20)11-6-4-3-5-7-11/h3-7,9,18H,1,8H2,2H3. The highest BCUT2D eigenvalue weighted by atomic mass is 32.1. The number of thiocarbonyl (C=S) groups is 1. The number of allylic oxidation sites excluding steroid dienone is 3. The van der Waals surface area contributed by atoms with Crippen LogP contribution in [0.3, 0.4) is 0 Å². The summed E-state index contributed by atoms with van der Waals surface area (Å²) in [6.07, 6.45) is 1.01. The molecular formula is C16H14O3S. The van der Waals surface area contributed by atoms with Crippen LogP contribution in [0.2, 0.25) is 0 Å². The molecule has 0 aliphatic heterocycles. The lowest BCUT2D eigenvalue weighted by molar-refractivity contribution is -0.105. The Labute approximate surface area is 122 Å². The van der Waals surface area contributed by atoms with Crippen LogP contribution in [-0.4, -0.2) is 23.4 Å². The highest BCUT2D eigenvalue weighted by molar-refractivity contribution is 7.81. The number of rotatable bonds is 4. The molecule has 1 aromatic carbocycles. The third-order valence-corrected chi connectivity index (χ3v) is 3.55. The second kappa shape index (κ2) is 5.84. The van der Waals surface area contributed by atoms with Crippen LogP contribution in [0.5, 0.6) is 0 Å². The van der Waals surface area contributed by atoms with Crippen molar-refractivity contribution >= 4 is 23.4 Å². The van der Waals surface area contributed by atoms with Gasteiger partial charge in [-0.3, -0.25) is 4.79 Å². The molecule has 0 saturated heterocycles. The molecule has 102 valence electrons. The van der Waals surface area contributed by atoms with E-state index in [2.05, 4.69) is 6.58 Å². The van der Waals surface area contributed by atoms with E-state index >= 15 is 0 Å². The van der Waals surface area contributed by atoms with Gasteiger partial charge in [-0.15, -0.1) is 0 Å². The van der Waals surface area contributed by atoms with Gasteiger partial charge in [-0.25, -0.2) is 0 Å². The molecule has 2 rings (SSSR count). The smallest absolute Gasteiger partial charge is 0.169 e. The normalized spacial score (nSPS) is 15.3. The molecule has 0 amide bonds. The number of methoxy groups -OCH3 is 1. The van der Waals surface area contributed by atoms with Crippen molar-refractivity contribution in [3.05, 3.63) is 70.7 Å². The van der Waals surface area contributed by atoms with Crippen LogP contribution in [0, 0.1) is 0 Å². The minimum absolute atomic E-state index is 0.0496. The zero-order valence-electron chi connectivity index (χ0n) is 11.1. The van der Waals surface area contributed by atoms with E-state index in [4.69, 9.17) is 17.0 Å². The molecule has 3 nitrogen and oxygen atoms in total. The summed E-state index contributed by atoms with van der Waals surface area (Å²) in [5.74, 6) is 0.156. The molecule has 0 atom stereocenters. The summed E-state index contributed by atoms with van der Waals surface area (Å²) in [4.78, 5) is 11.8. The first kappa shape index (κ1) is 14.2. The first-order valence-electron chi connectivity index (χ1n) is 6.04. The van der Waals surface area contributed by atoms with Crippen LogP contribution in [0.25, 0.3) is 0 Å². The number of aldehydes is 1. The Morgan fingerprint density at radius 1 is 1.40 bits per heavy atom. The van der Waals surface area contributed by atoms with Crippen LogP contribution in [0.15, 0.2) is 65.1 Å². The lowest BCUT2D eigenvalue weighted by Crippen LogP contribution is -2.17. The predicted octanol–water partition coefficient (Wildman–Crippen LogP) is 3.28. The predicted molar refractivity (Wildman–Crippen MR) is 81.7 cm³/mol. The number of hydrogen-bond acceptors (Lipinski definition) is 4. The van der Waals surface area contributed by atoms with Gasteiger partial charge in [-0.05, 0) is 11.1 Å². The van der Waals surface area contributed by atoms with Gasteiger partial charge in [0.15, 0.2) is 11.5 Å². The molecule has 0 heterocycles. The number of benzene rings is 1. The molecule has 1 aliphatic carbocycles. The maximum atomic E-state index is 11.3. The number of carbonyl (C=O) groups excluding carboxylic acids is 1. The second-order valence-electron chi connectivity index (χ2n) is 4.38. The fourth-order valence-electron chi connectivity index (χ4n) is 2.11. The summed E-state index contributed by atoms with van der Waals surface area (Å²) < 4.78 is 5.23. The molecule has 0 radical (unpaired) electrons. The Balaban J connectivity index is 2.59. The summed E-state index contributed by atoms with van der Waals surface area (Å²) in [6.45, 7) is 3.73. The fourth-order valence-corrected chi connectivity index (χ4v) is 2.47. The maximum absolute atomic E-state index is 11.3. The minimum Gasteiger partial charge on any atom is -0.504 e. The van der Waals surface area contributed by atoms with Crippen LogP contribution in [-0.2, 0) is 9.53 Å². The summed E-state index contributed by atoms with van der Waals surface area (Å²) in [5.41, 5.74) is 2.18. The SMILES string of the molecule is C=C1CC(C=O)=C(C(=S)c2ccccc2)C(OC)=C1O. The van der Waals surface area contributed by atoms with Crippen molar-refractivity contribution in [1.82, 2.24) is 0 Å². The lowest BCUT2D eigenvalue weighted by atomic mass is 9.88. The van der Waals surface area contributed by atoms with Crippen LogP contribution >= 0.6 is 12.2 Å². The minimum atomic E-state index is -0.0496. The third kappa shape index (κ3) is 2.42. The van der Waals surface area contributed by atoms with Crippen molar-refractivity contribution in [2.45, 2.75) is 6.42 Å². The van der Waals surface area contributed by atoms with E-state index in [1.165, 1.54) is 7.11 Å². The molecular weight excluding hydrogens is 272 g/mol. The molecule has 0 aromatic heterocycles. The average Bonchev–Trinajstić information content (AvgIpc) is 2.49. The molecule has 20 heavy (non-hydrogen) atoms. The summed E-state index contributed by atoms with van der Waals surface area (Å²) in [7, 11) is 1.43. The van der Waals surface area contributed by atoms with Gasteiger partial charge in [0.2, 0.25) is 0 Å². The van der Waals surface area contributed by atoms with Crippen molar-refractivity contribution < 1.29 is 14.6 Å². The number of aliphatic hydroxyl groups is 1. The van der Waals surface area contributed by atoms with Gasteiger partial charge < -0.3 is 9.84 Å². The van der Waals surface area contributed by atoms with Gasteiger partial charge in [0.25, 0.3) is 0 Å². The summed E-state index contributed by atoms with van der Waals surface area (Å²) in [5, 5.41) is 10.1. The summed E-state index contributed by atoms with van der Waals surface area (Å²) in [6, 6.07) is 9.31. The summed E-state index contributed by atoms with van der Waals surface area (Å²) >= 11 is 5.45. The van der Waals surface area contributed by atoms with E-state index in [0.29, 0.717) is 21.6 Å². The first-order chi connectivity index (χ1) is 9.60. The lowest BCUT2D eigenvalue weighted by Gasteiger charge is -2.22. The monoisotopic (exact) mass is 286 g/mol. The van der Waals surface area contributed by atoms with Gasteiger partial charge in [0.1, 0.15) is 6.29 Å². The van der Waals surface area contributed by atoms with Crippen LogP contribution in [0.1, 0.15) is 12.0 Å². The van der Waals surface area contributed by atoms with Crippen LogP contribution in [0.4, 0.5) is 0 Å². The van der Waals surface area contributed by atoms with Crippen molar-refractivity contribution in [1.29, 1.82) is 0 Å². The molecule has 0 bridgehead atoms. The topological polar surface area (TPSA) is 46.5 Å². The maximum Gasteiger partial charge on any atom is 0.169 e. The molecule has 0 fully saturated rings. The zero-order chi connectivity index (χ0) is 14.7. The van der Waals surface area contributed by atoms with Gasteiger partial charge in [0, 0.05) is 17.6 Å². The van der Waals surface area contributed by atoms with Crippen molar-refractivity contribution in [3.63, 3.8) is 0 Å². The highest BCUT2D eigenvalue weighted by Crippen LogP contribution is 2.34. The van der Waals surface area contributed by atoms with E-state index in [9.17, 15) is 9.90 Å². The molecule has 1 aromatic rings. The first-order valence-corrected chi connectivity index (χ1v) is 6.44. The zero-order valence-corrected chi connectivity index (χ0v) is 11.9. The fraction of sp³-hybridized carbons (Fsp3) is 0.125. The quantitative estimate of drug-likeness (QED) is 0.524. The number of aliphatic hydroxyl groups excluding tert-OH is 1. The molecule has 1 N–H and O–H groups in total. The van der Waals surface area contributed by atoms with Gasteiger partial charge in [-0.2, -0.15) is 0 Å². The van der Waals surface area contributed by atoms with E-state index in [-0.39, 0.29) is 17.9 Å².